The highest BCUT2D eigenvalue weighted by molar-refractivity contribution is 5.30. The summed E-state index contributed by atoms with van der Waals surface area (Å²) in [5.74, 6) is 0. The van der Waals surface area contributed by atoms with E-state index in [4.69, 9.17) is 0 Å². The molecule has 0 aromatic rings. The maximum Gasteiger partial charge on any atom is 0.0308 e. The molecule has 84 valence electrons. The summed E-state index contributed by atoms with van der Waals surface area (Å²) in [6, 6.07) is 0. The number of nitrogens with one attached hydrogen (secondary N) is 1. The van der Waals surface area contributed by atoms with Gasteiger partial charge in [0, 0.05) is 11.4 Å². The Hall–Kier alpha value is -1.24. The van der Waals surface area contributed by atoms with Gasteiger partial charge in [-0.05, 0) is 30.9 Å². The van der Waals surface area contributed by atoms with E-state index >= 15 is 0 Å². The Morgan fingerprint density at radius 2 is 1.67 bits per heavy atom. The predicted octanol–water partition coefficient (Wildman–Crippen LogP) is 4.17. The molecule has 0 aromatic carbocycles. The number of allylic oxidation sites excluding steroid dienone is 5. The van der Waals surface area contributed by atoms with Gasteiger partial charge in [0.15, 0.2) is 0 Å². The lowest BCUT2D eigenvalue weighted by atomic mass is 9.86. The van der Waals surface area contributed by atoms with Crippen molar-refractivity contribution in [3.8, 4) is 0 Å². The minimum Gasteiger partial charge on any atom is -0.360 e. The second-order valence-corrected chi connectivity index (χ2v) is 4.76. The Bertz CT molecular complexity index is 298. The van der Waals surface area contributed by atoms with E-state index in [0.717, 1.165) is 11.4 Å². The fourth-order valence-electron chi connectivity index (χ4n) is 1.29. The van der Waals surface area contributed by atoms with Gasteiger partial charge in [0.05, 0.1) is 0 Å². The van der Waals surface area contributed by atoms with Crippen molar-refractivity contribution in [1.82, 2.24) is 5.32 Å². The first kappa shape index (κ1) is 13.8. The summed E-state index contributed by atoms with van der Waals surface area (Å²) in [5, 5.41) is 3.07. The maximum atomic E-state index is 3.90. The SMILES string of the molecule is C=C(C)NC(=C)/C=C\C(=C/C)C(C)(C)C. The average molecular weight is 205 g/mol. The van der Waals surface area contributed by atoms with Crippen LogP contribution in [0.1, 0.15) is 34.6 Å². The van der Waals surface area contributed by atoms with Gasteiger partial charge in [0.1, 0.15) is 0 Å². The van der Waals surface area contributed by atoms with Crippen LogP contribution >= 0.6 is 0 Å². The van der Waals surface area contributed by atoms with Gasteiger partial charge in [0.2, 0.25) is 0 Å². The van der Waals surface area contributed by atoms with Gasteiger partial charge in [-0.1, -0.05) is 46.1 Å². The van der Waals surface area contributed by atoms with Crippen LogP contribution in [0.3, 0.4) is 0 Å². The molecule has 1 N–H and O–H groups in total. The highest BCUT2D eigenvalue weighted by atomic mass is 14.9. The first-order chi connectivity index (χ1) is 6.77. The fourth-order valence-corrected chi connectivity index (χ4v) is 1.29. The van der Waals surface area contributed by atoms with E-state index in [-0.39, 0.29) is 5.41 Å². The summed E-state index contributed by atoms with van der Waals surface area (Å²) in [6.07, 6.45) is 6.21. The van der Waals surface area contributed by atoms with E-state index in [9.17, 15) is 0 Å². The third-order valence-electron chi connectivity index (χ3n) is 2.02. The Kier molecular flexibility index (Phi) is 5.13. The zero-order valence-corrected chi connectivity index (χ0v) is 10.6. The van der Waals surface area contributed by atoms with Gasteiger partial charge >= 0.3 is 0 Å². The third kappa shape index (κ3) is 5.95. The van der Waals surface area contributed by atoms with Crippen LogP contribution in [0.15, 0.2) is 48.4 Å². The minimum absolute atomic E-state index is 0.175. The second kappa shape index (κ2) is 5.59. The smallest absolute Gasteiger partial charge is 0.0308 e. The summed E-state index contributed by atoms with van der Waals surface area (Å²) in [6.45, 7) is 18.2. The highest BCUT2D eigenvalue weighted by Crippen LogP contribution is 2.26. The van der Waals surface area contributed by atoms with Gasteiger partial charge in [-0.25, -0.2) is 0 Å². The van der Waals surface area contributed by atoms with Crippen LogP contribution < -0.4 is 5.32 Å². The molecular weight excluding hydrogens is 182 g/mol. The average Bonchev–Trinajstić information content (AvgIpc) is 2.01. The monoisotopic (exact) mass is 205 g/mol. The predicted molar refractivity (Wildman–Crippen MR) is 69.4 cm³/mol. The number of rotatable bonds is 4. The Morgan fingerprint density at radius 1 is 1.13 bits per heavy atom. The topological polar surface area (TPSA) is 12.0 Å². The molecule has 0 amide bonds. The third-order valence-corrected chi connectivity index (χ3v) is 2.02. The lowest BCUT2D eigenvalue weighted by molar-refractivity contribution is 0.516. The van der Waals surface area contributed by atoms with Crippen molar-refractivity contribution in [2.24, 2.45) is 5.41 Å². The number of hydrogen-bond acceptors (Lipinski definition) is 1. The largest absolute Gasteiger partial charge is 0.360 e. The highest BCUT2D eigenvalue weighted by Gasteiger charge is 2.12. The summed E-state index contributed by atoms with van der Waals surface area (Å²) in [5.41, 5.74) is 3.25. The Balaban J connectivity index is 4.52. The molecule has 0 unspecified atom stereocenters. The molecule has 0 aliphatic rings. The lowest BCUT2D eigenvalue weighted by Crippen LogP contribution is -2.09. The van der Waals surface area contributed by atoms with Gasteiger partial charge in [-0.3, -0.25) is 0 Å². The van der Waals surface area contributed by atoms with Crippen molar-refractivity contribution in [3.05, 3.63) is 48.4 Å². The van der Waals surface area contributed by atoms with E-state index < -0.39 is 0 Å². The van der Waals surface area contributed by atoms with Gasteiger partial charge in [-0.15, -0.1) is 0 Å². The van der Waals surface area contributed by atoms with E-state index in [1.165, 1.54) is 5.57 Å². The van der Waals surface area contributed by atoms with Crippen LogP contribution in [0.4, 0.5) is 0 Å². The zero-order chi connectivity index (χ0) is 12.1. The Morgan fingerprint density at radius 3 is 2.00 bits per heavy atom. The van der Waals surface area contributed by atoms with Crippen molar-refractivity contribution in [1.29, 1.82) is 0 Å². The molecule has 0 bridgehead atoms. The fraction of sp³-hybridized carbons (Fsp3) is 0.429. The van der Waals surface area contributed by atoms with E-state index in [0.29, 0.717) is 0 Å². The second-order valence-electron chi connectivity index (χ2n) is 4.76. The molecule has 1 heteroatoms. The number of hydrogen-bond donors (Lipinski definition) is 1. The van der Waals surface area contributed by atoms with Crippen molar-refractivity contribution >= 4 is 0 Å². The molecule has 0 saturated heterocycles. The summed E-state index contributed by atoms with van der Waals surface area (Å²) < 4.78 is 0. The molecule has 0 spiro atoms. The first-order valence-corrected chi connectivity index (χ1v) is 5.23. The van der Waals surface area contributed by atoms with Gasteiger partial charge in [0.25, 0.3) is 0 Å². The van der Waals surface area contributed by atoms with Crippen LogP contribution in [-0.2, 0) is 0 Å². The summed E-state index contributed by atoms with van der Waals surface area (Å²) in [4.78, 5) is 0. The molecule has 0 heterocycles. The van der Waals surface area contributed by atoms with Crippen LogP contribution in [-0.4, -0.2) is 0 Å². The minimum atomic E-state index is 0.175. The zero-order valence-electron chi connectivity index (χ0n) is 10.6. The molecule has 0 saturated carbocycles. The molecule has 0 radical (unpaired) electrons. The van der Waals surface area contributed by atoms with Crippen LogP contribution in [0.2, 0.25) is 0 Å². The van der Waals surface area contributed by atoms with Crippen molar-refractivity contribution in [3.63, 3.8) is 0 Å². The van der Waals surface area contributed by atoms with Crippen molar-refractivity contribution in [2.45, 2.75) is 34.6 Å². The molecule has 0 atom stereocenters. The normalized spacial score (nSPS) is 13.0. The van der Waals surface area contributed by atoms with Gasteiger partial charge in [-0.2, -0.15) is 0 Å². The van der Waals surface area contributed by atoms with E-state index in [2.05, 4.69) is 58.3 Å². The Labute approximate surface area is 94.3 Å². The molecule has 0 rings (SSSR count). The van der Waals surface area contributed by atoms with Crippen molar-refractivity contribution < 1.29 is 0 Å². The van der Waals surface area contributed by atoms with Crippen molar-refractivity contribution in [2.75, 3.05) is 0 Å². The molecular formula is C14H23N. The molecule has 15 heavy (non-hydrogen) atoms. The first-order valence-electron chi connectivity index (χ1n) is 5.23. The molecule has 1 nitrogen and oxygen atoms in total. The quantitative estimate of drug-likeness (QED) is 0.679. The van der Waals surface area contributed by atoms with E-state index in [1.54, 1.807) is 0 Å². The summed E-state index contributed by atoms with van der Waals surface area (Å²) in [7, 11) is 0. The maximum absolute atomic E-state index is 3.90. The van der Waals surface area contributed by atoms with Gasteiger partial charge < -0.3 is 5.32 Å². The van der Waals surface area contributed by atoms with Crippen LogP contribution in [0.5, 0.6) is 0 Å². The van der Waals surface area contributed by atoms with Crippen LogP contribution in [0, 0.1) is 5.41 Å². The molecule has 0 aliphatic carbocycles. The van der Waals surface area contributed by atoms with E-state index in [1.807, 2.05) is 13.0 Å². The lowest BCUT2D eigenvalue weighted by Gasteiger charge is -2.20. The standard InChI is InChI=1S/C14H23N/c1-8-13(14(5,6)7)10-9-12(4)15-11(2)3/h8-10,15H,2,4H2,1,3,5-7H3/b10-9-,13-8+. The molecule has 0 aliphatic heterocycles. The molecule has 0 aromatic heterocycles. The summed E-state index contributed by atoms with van der Waals surface area (Å²) >= 11 is 0. The van der Waals surface area contributed by atoms with Crippen LogP contribution in [0.25, 0.3) is 0 Å². The molecule has 0 fully saturated rings.